The lowest BCUT2D eigenvalue weighted by Crippen LogP contribution is -2.18. The topological polar surface area (TPSA) is 26.0 Å². The molecule has 0 aromatic rings. The van der Waals surface area contributed by atoms with E-state index in [1.165, 1.54) is 0 Å². The summed E-state index contributed by atoms with van der Waals surface area (Å²) in [5.74, 6) is 0.523. The predicted octanol–water partition coefficient (Wildman–Crippen LogP) is 1.36. The summed E-state index contributed by atoms with van der Waals surface area (Å²) in [4.78, 5) is 0.993. The molecule has 48 valence electrons. The SMILES string of the molecule is CCC(C)C(=S)CN. The molecule has 2 heteroatoms. The highest BCUT2D eigenvalue weighted by molar-refractivity contribution is 7.80. The van der Waals surface area contributed by atoms with Gasteiger partial charge in [0.15, 0.2) is 0 Å². The van der Waals surface area contributed by atoms with Gasteiger partial charge in [0.25, 0.3) is 0 Å². The second-order valence-corrected chi connectivity index (χ2v) is 2.50. The predicted molar refractivity (Wildman–Crippen MR) is 41.1 cm³/mol. The summed E-state index contributed by atoms with van der Waals surface area (Å²) in [6.07, 6.45) is 1.11. The highest BCUT2D eigenvalue weighted by atomic mass is 32.1. The Morgan fingerprint density at radius 2 is 2.25 bits per heavy atom. The Morgan fingerprint density at radius 1 is 1.75 bits per heavy atom. The molecule has 0 saturated heterocycles. The van der Waals surface area contributed by atoms with Crippen LogP contribution in [0, 0.1) is 5.92 Å². The Bertz CT molecular complexity index is 80.6. The van der Waals surface area contributed by atoms with Crippen molar-refractivity contribution < 1.29 is 0 Å². The number of rotatable bonds is 3. The molecule has 0 aliphatic rings. The first-order valence-electron chi connectivity index (χ1n) is 2.95. The zero-order valence-electron chi connectivity index (χ0n) is 5.48. The van der Waals surface area contributed by atoms with Gasteiger partial charge in [0.1, 0.15) is 0 Å². The van der Waals surface area contributed by atoms with E-state index in [1.807, 2.05) is 0 Å². The molecular weight excluding hydrogens is 118 g/mol. The minimum atomic E-state index is 0.523. The molecule has 0 aliphatic carbocycles. The lowest BCUT2D eigenvalue weighted by atomic mass is 10.1. The fraction of sp³-hybridized carbons (Fsp3) is 0.833. The third-order valence-corrected chi connectivity index (χ3v) is 1.93. The zero-order chi connectivity index (χ0) is 6.57. The van der Waals surface area contributed by atoms with Crippen molar-refractivity contribution in [3.63, 3.8) is 0 Å². The van der Waals surface area contributed by atoms with E-state index < -0.39 is 0 Å². The van der Waals surface area contributed by atoms with Crippen molar-refractivity contribution in [1.29, 1.82) is 0 Å². The van der Waals surface area contributed by atoms with Gasteiger partial charge in [-0.25, -0.2) is 0 Å². The molecule has 1 nitrogen and oxygen atoms in total. The molecule has 2 N–H and O–H groups in total. The van der Waals surface area contributed by atoms with Crippen LogP contribution in [0.5, 0.6) is 0 Å². The number of hydrogen-bond acceptors (Lipinski definition) is 2. The Kier molecular flexibility index (Phi) is 4.01. The molecule has 0 aliphatic heterocycles. The average Bonchev–Trinajstić information content (AvgIpc) is 1.84. The largest absolute Gasteiger partial charge is 0.326 e. The van der Waals surface area contributed by atoms with Gasteiger partial charge in [0.05, 0.1) is 0 Å². The normalized spacial score (nSPS) is 13.4. The van der Waals surface area contributed by atoms with Crippen LogP contribution in [0.2, 0.25) is 0 Å². The van der Waals surface area contributed by atoms with Crippen LogP contribution >= 0.6 is 12.2 Å². The molecule has 0 aromatic heterocycles. The van der Waals surface area contributed by atoms with Crippen LogP contribution in [-0.2, 0) is 0 Å². The standard InChI is InChI=1S/C6H13NS/c1-3-5(2)6(8)4-7/h5H,3-4,7H2,1-2H3. The maximum Gasteiger partial charge on any atom is 0.0245 e. The van der Waals surface area contributed by atoms with Crippen molar-refractivity contribution in [2.75, 3.05) is 6.54 Å². The maximum absolute atomic E-state index is 5.31. The third kappa shape index (κ3) is 2.38. The van der Waals surface area contributed by atoms with Crippen LogP contribution in [0.1, 0.15) is 20.3 Å². The van der Waals surface area contributed by atoms with Crippen molar-refractivity contribution >= 4 is 17.1 Å². The Balaban J connectivity index is 3.46. The summed E-state index contributed by atoms with van der Waals surface area (Å²) < 4.78 is 0. The summed E-state index contributed by atoms with van der Waals surface area (Å²) in [5, 5.41) is 0. The Hall–Kier alpha value is 0.0500. The minimum absolute atomic E-state index is 0.523. The summed E-state index contributed by atoms with van der Waals surface area (Å²) in [5.41, 5.74) is 5.31. The first kappa shape index (κ1) is 8.05. The highest BCUT2D eigenvalue weighted by Gasteiger charge is 2.01. The average molecular weight is 131 g/mol. The van der Waals surface area contributed by atoms with Gasteiger partial charge in [0.2, 0.25) is 0 Å². The molecule has 1 atom stereocenters. The highest BCUT2D eigenvalue weighted by Crippen LogP contribution is 2.01. The number of hydrogen-bond donors (Lipinski definition) is 1. The van der Waals surface area contributed by atoms with Gasteiger partial charge in [-0.15, -0.1) is 0 Å². The third-order valence-electron chi connectivity index (χ3n) is 1.36. The van der Waals surface area contributed by atoms with E-state index in [4.69, 9.17) is 18.0 Å². The molecule has 1 unspecified atom stereocenters. The fourth-order valence-corrected chi connectivity index (χ4v) is 0.596. The molecule has 0 radical (unpaired) electrons. The van der Waals surface area contributed by atoms with Gasteiger partial charge in [-0.3, -0.25) is 0 Å². The summed E-state index contributed by atoms with van der Waals surface area (Å²) in [6.45, 7) is 4.78. The van der Waals surface area contributed by atoms with E-state index in [-0.39, 0.29) is 0 Å². The summed E-state index contributed by atoms with van der Waals surface area (Å²) in [6, 6.07) is 0. The fourth-order valence-electron chi connectivity index (χ4n) is 0.429. The molecule has 0 rings (SSSR count). The van der Waals surface area contributed by atoms with Gasteiger partial charge in [-0.2, -0.15) is 0 Å². The first-order chi connectivity index (χ1) is 3.72. The summed E-state index contributed by atoms with van der Waals surface area (Å²) in [7, 11) is 0. The van der Waals surface area contributed by atoms with Crippen molar-refractivity contribution in [1.82, 2.24) is 0 Å². The van der Waals surface area contributed by atoms with Crippen LogP contribution in [0.4, 0.5) is 0 Å². The minimum Gasteiger partial charge on any atom is -0.326 e. The molecular formula is C6H13NS. The van der Waals surface area contributed by atoms with Gasteiger partial charge in [0, 0.05) is 11.4 Å². The van der Waals surface area contributed by atoms with Gasteiger partial charge in [-0.1, -0.05) is 26.1 Å². The van der Waals surface area contributed by atoms with E-state index in [0.29, 0.717) is 12.5 Å². The Labute approximate surface area is 56.3 Å². The van der Waals surface area contributed by atoms with Crippen LogP contribution in [-0.4, -0.2) is 11.4 Å². The molecule has 0 amide bonds. The van der Waals surface area contributed by atoms with E-state index in [9.17, 15) is 0 Å². The maximum atomic E-state index is 5.31. The van der Waals surface area contributed by atoms with Crippen LogP contribution in [0.3, 0.4) is 0 Å². The smallest absolute Gasteiger partial charge is 0.0245 e. The lowest BCUT2D eigenvalue weighted by molar-refractivity contribution is 0.741. The first-order valence-corrected chi connectivity index (χ1v) is 3.36. The van der Waals surface area contributed by atoms with Crippen LogP contribution in [0.15, 0.2) is 0 Å². The van der Waals surface area contributed by atoms with E-state index in [2.05, 4.69) is 13.8 Å². The van der Waals surface area contributed by atoms with Crippen LogP contribution in [0.25, 0.3) is 0 Å². The van der Waals surface area contributed by atoms with E-state index in [1.54, 1.807) is 0 Å². The molecule has 8 heavy (non-hydrogen) atoms. The second kappa shape index (κ2) is 3.98. The molecule has 0 fully saturated rings. The second-order valence-electron chi connectivity index (χ2n) is 1.98. The number of thiocarbonyl (C=S) groups is 1. The van der Waals surface area contributed by atoms with Gasteiger partial charge >= 0.3 is 0 Å². The molecule has 0 saturated carbocycles. The van der Waals surface area contributed by atoms with E-state index >= 15 is 0 Å². The van der Waals surface area contributed by atoms with Crippen molar-refractivity contribution in [2.45, 2.75) is 20.3 Å². The van der Waals surface area contributed by atoms with E-state index in [0.717, 1.165) is 11.3 Å². The molecule has 0 bridgehead atoms. The van der Waals surface area contributed by atoms with Gasteiger partial charge < -0.3 is 5.73 Å². The van der Waals surface area contributed by atoms with Crippen molar-refractivity contribution in [3.05, 3.63) is 0 Å². The monoisotopic (exact) mass is 131 g/mol. The molecule has 0 heterocycles. The quantitative estimate of drug-likeness (QED) is 0.585. The summed E-state index contributed by atoms with van der Waals surface area (Å²) >= 11 is 4.95. The molecule has 0 aromatic carbocycles. The lowest BCUT2D eigenvalue weighted by Gasteiger charge is -2.05. The van der Waals surface area contributed by atoms with Crippen molar-refractivity contribution in [2.24, 2.45) is 11.7 Å². The van der Waals surface area contributed by atoms with Gasteiger partial charge in [-0.05, 0) is 12.3 Å². The molecule has 0 spiro atoms. The Morgan fingerprint density at radius 3 is 2.38 bits per heavy atom. The number of nitrogens with two attached hydrogens (primary N) is 1. The van der Waals surface area contributed by atoms with Crippen molar-refractivity contribution in [3.8, 4) is 0 Å². The zero-order valence-corrected chi connectivity index (χ0v) is 6.29. The van der Waals surface area contributed by atoms with Crippen LogP contribution < -0.4 is 5.73 Å².